The second-order valence-corrected chi connectivity index (χ2v) is 5.18. The molecule has 2 N–H and O–H groups in total. The number of carboxylic acid groups (broad SMARTS) is 1. The molecule has 1 aromatic carbocycles. The average Bonchev–Trinajstić information content (AvgIpc) is 2.53. The summed E-state index contributed by atoms with van der Waals surface area (Å²) in [4.78, 5) is 26.6. The molecule has 0 aromatic heterocycles. The van der Waals surface area contributed by atoms with Crippen LogP contribution in [0.3, 0.4) is 0 Å². The summed E-state index contributed by atoms with van der Waals surface area (Å²) in [5, 5.41) is 11.9. The molecule has 1 unspecified atom stereocenters. The molecule has 1 fully saturated rings. The molecule has 2 amide bonds. The van der Waals surface area contributed by atoms with Crippen LogP contribution in [0.5, 0.6) is 0 Å². The molecule has 1 saturated heterocycles. The van der Waals surface area contributed by atoms with Crippen molar-refractivity contribution < 1.29 is 14.7 Å². The zero-order valence-corrected chi connectivity index (χ0v) is 12.2. The maximum atomic E-state index is 12.1. The lowest BCUT2D eigenvalue weighted by Crippen LogP contribution is -2.55. The fourth-order valence-corrected chi connectivity index (χ4v) is 2.35. The van der Waals surface area contributed by atoms with E-state index in [0.29, 0.717) is 32.7 Å². The second-order valence-electron chi connectivity index (χ2n) is 5.18. The molecule has 1 aliphatic heterocycles. The lowest BCUT2D eigenvalue weighted by Gasteiger charge is -2.36. The summed E-state index contributed by atoms with van der Waals surface area (Å²) in [5.41, 5.74) is 1.06. The average molecular weight is 291 g/mol. The van der Waals surface area contributed by atoms with Crippen molar-refractivity contribution in [3.8, 4) is 0 Å². The Morgan fingerprint density at radius 3 is 2.38 bits per heavy atom. The van der Waals surface area contributed by atoms with Gasteiger partial charge in [-0.1, -0.05) is 30.3 Å². The normalized spacial score (nSPS) is 17.3. The van der Waals surface area contributed by atoms with Crippen LogP contribution in [0.15, 0.2) is 30.3 Å². The van der Waals surface area contributed by atoms with Gasteiger partial charge in [-0.2, -0.15) is 0 Å². The molecule has 0 radical (unpaired) electrons. The smallest absolute Gasteiger partial charge is 0.320 e. The molecule has 6 heteroatoms. The number of piperazine rings is 1. The SMILES string of the molecule is CC(C(=O)O)N1CCN(C(=O)NCc2ccccc2)CC1. The van der Waals surface area contributed by atoms with Crippen LogP contribution in [0, 0.1) is 0 Å². The highest BCUT2D eigenvalue weighted by Crippen LogP contribution is 2.07. The van der Waals surface area contributed by atoms with Crippen LogP contribution in [-0.4, -0.2) is 59.1 Å². The molecule has 6 nitrogen and oxygen atoms in total. The number of hydrogen-bond acceptors (Lipinski definition) is 3. The minimum Gasteiger partial charge on any atom is -0.480 e. The predicted molar refractivity (Wildman–Crippen MR) is 78.9 cm³/mol. The minimum absolute atomic E-state index is 0.0959. The van der Waals surface area contributed by atoms with Crippen molar-refractivity contribution in [1.29, 1.82) is 0 Å². The van der Waals surface area contributed by atoms with E-state index in [9.17, 15) is 9.59 Å². The number of nitrogens with one attached hydrogen (secondary N) is 1. The Morgan fingerprint density at radius 1 is 1.19 bits per heavy atom. The van der Waals surface area contributed by atoms with Crippen molar-refractivity contribution in [3.63, 3.8) is 0 Å². The standard InChI is InChI=1S/C15H21N3O3/c1-12(14(19)20)17-7-9-18(10-8-17)15(21)16-11-13-5-3-2-4-6-13/h2-6,12H,7-11H2,1H3,(H,16,21)(H,19,20). The van der Waals surface area contributed by atoms with E-state index in [4.69, 9.17) is 5.11 Å². The van der Waals surface area contributed by atoms with Crippen LogP contribution >= 0.6 is 0 Å². The Hall–Kier alpha value is -2.08. The first-order chi connectivity index (χ1) is 10.1. The van der Waals surface area contributed by atoms with Gasteiger partial charge in [-0.25, -0.2) is 4.79 Å². The van der Waals surface area contributed by atoms with E-state index < -0.39 is 12.0 Å². The van der Waals surface area contributed by atoms with Gasteiger partial charge in [-0.15, -0.1) is 0 Å². The molecule has 1 atom stereocenters. The summed E-state index contributed by atoms with van der Waals surface area (Å²) in [7, 11) is 0. The summed E-state index contributed by atoms with van der Waals surface area (Å²) in [6.07, 6.45) is 0. The Morgan fingerprint density at radius 2 is 1.81 bits per heavy atom. The van der Waals surface area contributed by atoms with E-state index in [0.717, 1.165) is 5.56 Å². The number of rotatable bonds is 4. The van der Waals surface area contributed by atoms with Gasteiger partial charge in [0.15, 0.2) is 0 Å². The first-order valence-electron chi connectivity index (χ1n) is 7.11. The van der Waals surface area contributed by atoms with Gasteiger partial charge >= 0.3 is 12.0 Å². The third-order valence-corrected chi connectivity index (χ3v) is 3.79. The van der Waals surface area contributed by atoms with Crippen LogP contribution in [0.4, 0.5) is 4.79 Å². The molecule has 1 aromatic rings. The van der Waals surface area contributed by atoms with Gasteiger partial charge in [-0.05, 0) is 12.5 Å². The molecular weight excluding hydrogens is 270 g/mol. The molecular formula is C15H21N3O3. The number of amides is 2. The van der Waals surface area contributed by atoms with Crippen LogP contribution < -0.4 is 5.32 Å². The van der Waals surface area contributed by atoms with Crippen molar-refractivity contribution in [2.75, 3.05) is 26.2 Å². The monoisotopic (exact) mass is 291 g/mol. The molecule has 1 heterocycles. The van der Waals surface area contributed by atoms with Crippen molar-refractivity contribution in [2.24, 2.45) is 0 Å². The summed E-state index contributed by atoms with van der Waals surface area (Å²) in [6, 6.07) is 9.15. The minimum atomic E-state index is -0.822. The Balaban J connectivity index is 1.77. The number of carboxylic acids is 1. The molecule has 1 aliphatic rings. The van der Waals surface area contributed by atoms with E-state index in [1.165, 1.54) is 0 Å². The number of hydrogen-bond donors (Lipinski definition) is 2. The maximum absolute atomic E-state index is 12.1. The van der Waals surface area contributed by atoms with E-state index in [2.05, 4.69) is 5.32 Å². The molecule has 0 aliphatic carbocycles. The second kappa shape index (κ2) is 7.08. The first-order valence-corrected chi connectivity index (χ1v) is 7.11. The van der Waals surface area contributed by atoms with Crippen molar-refractivity contribution in [3.05, 3.63) is 35.9 Å². The molecule has 0 bridgehead atoms. The van der Waals surface area contributed by atoms with Crippen LogP contribution in [0.1, 0.15) is 12.5 Å². The number of aliphatic carboxylic acids is 1. The van der Waals surface area contributed by atoms with Gasteiger partial charge in [0.2, 0.25) is 0 Å². The molecule has 21 heavy (non-hydrogen) atoms. The molecule has 2 rings (SSSR count). The van der Waals surface area contributed by atoms with Gasteiger partial charge in [0.25, 0.3) is 0 Å². The lowest BCUT2D eigenvalue weighted by atomic mass is 10.2. The Bertz CT molecular complexity index is 484. The Labute approximate surface area is 124 Å². The van der Waals surface area contributed by atoms with Gasteiger partial charge in [0.1, 0.15) is 6.04 Å². The van der Waals surface area contributed by atoms with Gasteiger partial charge in [0.05, 0.1) is 0 Å². The van der Waals surface area contributed by atoms with Gasteiger partial charge in [-0.3, -0.25) is 9.69 Å². The predicted octanol–water partition coefficient (Wildman–Crippen LogP) is 0.987. The molecule has 0 saturated carbocycles. The van der Waals surface area contributed by atoms with Gasteiger partial charge in [0, 0.05) is 32.7 Å². The summed E-state index contributed by atoms with van der Waals surface area (Å²) in [5.74, 6) is -0.822. The highest BCUT2D eigenvalue weighted by Gasteiger charge is 2.26. The highest BCUT2D eigenvalue weighted by atomic mass is 16.4. The van der Waals surface area contributed by atoms with Gasteiger partial charge < -0.3 is 15.3 Å². The van der Waals surface area contributed by atoms with Crippen molar-refractivity contribution in [1.82, 2.24) is 15.1 Å². The lowest BCUT2D eigenvalue weighted by molar-refractivity contribution is -0.143. The maximum Gasteiger partial charge on any atom is 0.320 e. The highest BCUT2D eigenvalue weighted by molar-refractivity contribution is 5.75. The topological polar surface area (TPSA) is 72.9 Å². The first kappa shape index (κ1) is 15.3. The van der Waals surface area contributed by atoms with Crippen LogP contribution in [0.25, 0.3) is 0 Å². The third kappa shape index (κ3) is 4.19. The number of nitrogens with zero attached hydrogens (tertiary/aromatic N) is 2. The molecule has 114 valence electrons. The zero-order valence-electron chi connectivity index (χ0n) is 12.2. The number of carbonyl (C=O) groups excluding carboxylic acids is 1. The fourth-order valence-electron chi connectivity index (χ4n) is 2.35. The zero-order chi connectivity index (χ0) is 15.2. The number of urea groups is 1. The van der Waals surface area contributed by atoms with E-state index >= 15 is 0 Å². The summed E-state index contributed by atoms with van der Waals surface area (Å²) < 4.78 is 0. The third-order valence-electron chi connectivity index (χ3n) is 3.79. The van der Waals surface area contributed by atoms with Crippen LogP contribution in [0.2, 0.25) is 0 Å². The fraction of sp³-hybridized carbons (Fsp3) is 0.467. The quantitative estimate of drug-likeness (QED) is 0.867. The van der Waals surface area contributed by atoms with E-state index in [1.807, 2.05) is 35.2 Å². The number of benzene rings is 1. The van der Waals surface area contributed by atoms with Crippen molar-refractivity contribution >= 4 is 12.0 Å². The molecule has 0 spiro atoms. The summed E-state index contributed by atoms with van der Waals surface area (Å²) >= 11 is 0. The largest absolute Gasteiger partial charge is 0.480 e. The van der Waals surface area contributed by atoms with Crippen molar-refractivity contribution in [2.45, 2.75) is 19.5 Å². The van der Waals surface area contributed by atoms with E-state index in [1.54, 1.807) is 11.8 Å². The Kier molecular flexibility index (Phi) is 5.16. The number of carbonyl (C=O) groups is 2. The van der Waals surface area contributed by atoms with E-state index in [-0.39, 0.29) is 6.03 Å². The summed E-state index contributed by atoms with van der Waals surface area (Å²) in [6.45, 7) is 4.47. The van der Waals surface area contributed by atoms with Crippen LogP contribution in [-0.2, 0) is 11.3 Å².